The van der Waals surface area contributed by atoms with Gasteiger partial charge < -0.3 is 4.74 Å². The smallest absolute Gasteiger partial charge is 0.329 e. The molecule has 1 aromatic carbocycles. The Morgan fingerprint density at radius 1 is 1.11 bits per heavy atom. The molecule has 6 nitrogen and oxygen atoms in total. The van der Waals surface area contributed by atoms with Gasteiger partial charge in [0.1, 0.15) is 17.8 Å². The van der Waals surface area contributed by atoms with E-state index in [1.807, 2.05) is 13.8 Å². The SMILES string of the molecule is CC(C)CC(C(=O)OCc1ccc(Cl)nc1)N1C(=O)c2ccccc2C1=O. The standard InChI is InChI=1S/C20H19ClN2O4/c1-12(2)9-16(20(26)27-11-13-7-8-17(21)22-10-13)23-18(24)14-5-3-4-6-15(14)19(23)25/h3-8,10,12,16H,9,11H2,1-2H3. The second kappa shape index (κ2) is 7.88. The van der Waals surface area contributed by atoms with Crippen molar-refractivity contribution >= 4 is 29.4 Å². The fraction of sp³-hybridized carbons (Fsp3) is 0.300. The summed E-state index contributed by atoms with van der Waals surface area (Å²) in [6, 6.07) is 8.88. The van der Waals surface area contributed by atoms with Gasteiger partial charge in [-0.3, -0.25) is 14.5 Å². The second-order valence-electron chi connectivity index (χ2n) is 6.77. The van der Waals surface area contributed by atoms with Crippen LogP contribution in [0.15, 0.2) is 42.6 Å². The number of carbonyl (C=O) groups is 3. The lowest BCUT2D eigenvalue weighted by molar-refractivity contribution is -0.150. The van der Waals surface area contributed by atoms with E-state index in [2.05, 4.69) is 4.98 Å². The molecule has 2 heterocycles. The van der Waals surface area contributed by atoms with Crippen molar-refractivity contribution in [2.45, 2.75) is 32.9 Å². The number of nitrogens with zero attached hydrogens (tertiary/aromatic N) is 2. The molecule has 0 spiro atoms. The van der Waals surface area contributed by atoms with Gasteiger partial charge >= 0.3 is 5.97 Å². The second-order valence-corrected chi connectivity index (χ2v) is 7.16. The zero-order chi connectivity index (χ0) is 19.6. The summed E-state index contributed by atoms with van der Waals surface area (Å²) in [6.07, 6.45) is 1.83. The Morgan fingerprint density at radius 2 is 1.74 bits per heavy atom. The van der Waals surface area contributed by atoms with Crippen LogP contribution in [0.5, 0.6) is 0 Å². The molecule has 3 rings (SSSR count). The van der Waals surface area contributed by atoms with Crippen molar-refractivity contribution < 1.29 is 19.1 Å². The van der Waals surface area contributed by atoms with E-state index in [9.17, 15) is 14.4 Å². The summed E-state index contributed by atoms with van der Waals surface area (Å²) in [4.78, 5) is 43.1. The van der Waals surface area contributed by atoms with Gasteiger partial charge in [-0.15, -0.1) is 0 Å². The molecule has 27 heavy (non-hydrogen) atoms. The number of amides is 2. The largest absolute Gasteiger partial charge is 0.459 e. The molecule has 0 radical (unpaired) electrons. The zero-order valence-electron chi connectivity index (χ0n) is 15.0. The minimum absolute atomic E-state index is 0.0131. The summed E-state index contributed by atoms with van der Waals surface area (Å²) in [5.74, 6) is -1.46. The van der Waals surface area contributed by atoms with E-state index < -0.39 is 23.8 Å². The van der Waals surface area contributed by atoms with Crippen molar-refractivity contribution in [3.8, 4) is 0 Å². The summed E-state index contributed by atoms with van der Waals surface area (Å²) in [6.45, 7) is 3.82. The molecule has 0 saturated heterocycles. The van der Waals surface area contributed by atoms with E-state index in [4.69, 9.17) is 16.3 Å². The zero-order valence-corrected chi connectivity index (χ0v) is 15.8. The van der Waals surface area contributed by atoms with Gasteiger partial charge in [-0.2, -0.15) is 0 Å². The fourth-order valence-electron chi connectivity index (χ4n) is 2.99. The highest BCUT2D eigenvalue weighted by Gasteiger charge is 2.43. The maximum Gasteiger partial charge on any atom is 0.329 e. The summed E-state index contributed by atoms with van der Waals surface area (Å²) in [5.41, 5.74) is 1.29. The highest BCUT2D eigenvalue weighted by molar-refractivity contribution is 6.29. The summed E-state index contributed by atoms with van der Waals surface area (Å²) >= 11 is 5.74. The molecule has 0 aliphatic carbocycles. The van der Waals surface area contributed by atoms with Gasteiger partial charge in [-0.25, -0.2) is 9.78 Å². The molecule has 140 valence electrons. The van der Waals surface area contributed by atoms with E-state index in [1.54, 1.807) is 36.4 Å². The van der Waals surface area contributed by atoms with Gasteiger partial charge in [0, 0.05) is 11.8 Å². The van der Waals surface area contributed by atoms with Crippen molar-refractivity contribution in [2.24, 2.45) is 5.92 Å². The number of ether oxygens (including phenoxy) is 1. The summed E-state index contributed by atoms with van der Waals surface area (Å²) < 4.78 is 5.37. The van der Waals surface area contributed by atoms with Crippen molar-refractivity contribution in [3.63, 3.8) is 0 Å². The molecule has 0 fully saturated rings. The van der Waals surface area contributed by atoms with Crippen molar-refractivity contribution in [1.82, 2.24) is 9.88 Å². The predicted octanol–water partition coefficient (Wildman–Crippen LogP) is 3.49. The van der Waals surface area contributed by atoms with E-state index >= 15 is 0 Å². The minimum atomic E-state index is -0.974. The Bertz CT molecular complexity index is 845. The number of carbonyl (C=O) groups excluding carboxylic acids is 3. The first-order chi connectivity index (χ1) is 12.9. The number of hydrogen-bond donors (Lipinski definition) is 0. The topological polar surface area (TPSA) is 76.6 Å². The highest BCUT2D eigenvalue weighted by Crippen LogP contribution is 2.27. The summed E-state index contributed by atoms with van der Waals surface area (Å²) in [5, 5.41) is 0.341. The molecule has 1 aliphatic rings. The number of hydrogen-bond acceptors (Lipinski definition) is 5. The molecule has 7 heteroatoms. The first-order valence-electron chi connectivity index (χ1n) is 8.62. The lowest BCUT2D eigenvalue weighted by atomic mass is 10.0. The lowest BCUT2D eigenvalue weighted by Crippen LogP contribution is -2.46. The molecule has 0 N–H and O–H groups in total. The molecule has 2 amide bonds. The van der Waals surface area contributed by atoms with Crippen LogP contribution in [0.2, 0.25) is 5.15 Å². The Hall–Kier alpha value is -2.73. The lowest BCUT2D eigenvalue weighted by Gasteiger charge is -2.26. The third-order valence-electron chi connectivity index (χ3n) is 4.27. The number of aromatic nitrogens is 1. The highest BCUT2D eigenvalue weighted by atomic mass is 35.5. The average molecular weight is 387 g/mol. The summed E-state index contributed by atoms with van der Waals surface area (Å²) in [7, 11) is 0. The van der Waals surface area contributed by atoms with Gasteiger partial charge in [0.05, 0.1) is 11.1 Å². The Labute approximate surface area is 162 Å². The van der Waals surface area contributed by atoms with Crippen molar-refractivity contribution in [3.05, 3.63) is 64.4 Å². The average Bonchev–Trinajstić information content (AvgIpc) is 2.90. The van der Waals surface area contributed by atoms with Crippen LogP contribution in [-0.4, -0.2) is 33.7 Å². The van der Waals surface area contributed by atoms with Crippen LogP contribution in [0.1, 0.15) is 46.5 Å². The maximum absolute atomic E-state index is 12.7. The molecule has 1 unspecified atom stereocenters. The van der Waals surface area contributed by atoms with Crippen LogP contribution in [0.25, 0.3) is 0 Å². The van der Waals surface area contributed by atoms with Crippen LogP contribution < -0.4 is 0 Å². The van der Waals surface area contributed by atoms with Crippen LogP contribution >= 0.6 is 11.6 Å². The van der Waals surface area contributed by atoms with Gasteiger partial charge in [-0.1, -0.05) is 43.6 Å². The molecule has 1 aromatic heterocycles. The van der Waals surface area contributed by atoms with E-state index in [-0.39, 0.29) is 12.5 Å². The van der Waals surface area contributed by atoms with E-state index in [1.165, 1.54) is 6.20 Å². The van der Waals surface area contributed by atoms with Crippen LogP contribution in [0.3, 0.4) is 0 Å². The monoisotopic (exact) mass is 386 g/mol. The minimum Gasteiger partial charge on any atom is -0.459 e. The Kier molecular flexibility index (Phi) is 5.56. The number of halogens is 1. The number of imide groups is 1. The van der Waals surface area contributed by atoms with E-state index in [0.717, 1.165) is 4.90 Å². The number of pyridine rings is 1. The Morgan fingerprint density at radius 3 is 2.26 bits per heavy atom. The van der Waals surface area contributed by atoms with Crippen LogP contribution in [-0.2, 0) is 16.1 Å². The fourth-order valence-corrected chi connectivity index (χ4v) is 3.10. The van der Waals surface area contributed by atoms with Gasteiger partial charge in [-0.05, 0) is 30.5 Å². The first-order valence-corrected chi connectivity index (χ1v) is 9.00. The van der Waals surface area contributed by atoms with Crippen LogP contribution in [0.4, 0.5) is 0 Å². The first kappa shape index (κ1) is 19.0. The third-order valence-corrected chi connectivity index (χ3v) is 4.50. The molecule has 1 atom stereocenters. The van der Waals surface area contributed by atoms with Crippen LogP contribution in [0, 0.1) is 5.92 Å². The normalized spacial score (nSPS) is 14.4. The quantitative estimate of drug-likeness (QED) is 0.431. The number of rotatable bonds is 6. The third kappa shape index (κ3) is 4.01. The van der Waals surface area contributed by atoms with Gasteiger partial charge in [0.2, 0.25) is 0 Å². The molecule has 1 aliphatic heterocycles. The maximum atomic E-state index is 12.7. The van der Waals surface area contributed by atoms with Gasteiger partial charge in [0.15, 0.2) is 0 Å². The number of esters is 1. The van der Waals surface area contributed by atoms with Crippen molar-refractivity contribution in [1.29, 1.82) is 0 Å². The van der Waals surface area contributed by atoms with Crippen molar-refractivity contribution in [2.75, 3.05) is 0 Å². The van der Waals surface area contributed by atoms with E-state index in [0.29, 0.717) is 28.3 Å². The number of benzene rings is 1. The molecule has 0 bridgehead atoms. The molecule has 2 aromatic rings. The predicted molar refractivity (Wildman–Crippen MR) is 99.2 cm³/mol. The van der Waals surface area contributed by atoms with Gasteiger partial charge in [0.25, 0.3) is 11.8 Å². The number of fused-ring (bicyclic) bond motifs is 1. The Balaban J connectivity index is 1.79. The molecule has 0 saturated carbocycles. The molecular weight excluding hydrogens is 368 g/mol. The molecular formula is C20H19ClN2O4.